The molecule has 0 amide bonds. The highest BCUT2D eigenvalue weighted by molar-refractivity contribution is 5.78. The topological polar surface area (TPSA) is 20.3 Å². The van der Waals surface area contributed by atoms with E-state index >= 15 is 0 Å². The Morgan fingerprint density at radius 3 is 2.62 bits per heavy atom. The van der Waals surface area contributed by atoms with Crippen LogP contribution in [-0.4, -0.2) is 23.8 Å². The molecule has 2 nitrogen and oxygen atoms in total. The minimum atomic E-state index is 0.419. The molecule has 2 heteroatoms. The summed E-state index contributed by atoms with van der Waals surface area (Å²) in [6.45, 7) is 4.18. The highest BCUT2D eigenvalue weighted by Crippen LogP contribution is 2.22. The Labute approximate surface area is 97.3 Å². The number of Topliss-reactive ketones (excluding diaryl/α,β-unsaturated/α-hetero) is 1. The number of rotatable bonds is 2. The summed E-state index contributed by atoms with van der Waals surface area (Å²) in [5.41, 5.74) is 1.34. The van der Waals surface area contributed by atoms with Crippen LogP contribution in [0, 0.1) is 0 Å². The Hall–Kier alpha value is -1.15. The van der Waals surface area contributed by atoms with Crippen molar-refractivity contribution in [1.82, 2.24) is 4.90 Å². The van der Waals surface area contributed by atoms with Crippen molar-refractivity contribution in [2.24, 2.45) is 0 Å². The van der Waals surface area contributed by atoms with Gasteiger partial charge in [-0.15, -0.1) is 0 Å². The summed E-state index contributed by atoms with van der Waals surface area (Å²) in [6.07, 6.45) is 2.49. The normalized spacial score (nSPS) is 20.4. The van der Waals surface area contributed by atoms with Crippen molar-refractivity contribution in [3.63, 3.8) is 0 Å². The Bertz CT molecular complexity index is 347. The quantitative estimate of drug-likeness (QED) is 0.759. The fourth-order valence-corrected chi connectivity index (χ4v) is 2.31. The van der Waals surface area contributed by atoms with Gasteiger partial charge in [-0.3, -0.25) is 9.69 Å². The van der Waals surface area contributed by atoms with Crippen LogP contribution in [0.15, 0.2) is 30.3 Å². The van der Waals surface area contributed by atoms with E-state index in [0.29, 0.717) is 11.8 Å². The van der Waals surface area contributed by atoms with Gasteiger partial charge in [-0.1, -0.05) is 30.3 Å². The smallest absolute Gasteiger partial charge is 0.134 e. The van der Waals surface area contributed by atoms with Crippen molar-refractivity contribution in [3.05, 3.63) is 35.9 Å². The summed E-state index contributed by atoms with van der Waals surface area (Å²) in [7, 11) is 0. The molecule has 0 aliphatic carbocycles. The molecular formula is C14H19NO. The lowest BCUT2D eigenvalue weighted by Gasteiger charge is -2.27. The van der Waals surface area contributed by atoms with Gasteiger partial charge in [0.2, 0.25) is 0 Å². The second-order valence-corrected chi connectivity index (χ2v) is 4.51. The molecule has 0 radical (unpaired) electrons. The van der Waals surface area contributed by atoms with Gasteiger partial charge in [-0.2, -0.15) is 0 Å². The van der Waals surface area contributed by atoms with Gasteiger partial charge in [0, 0.05) is 25.4 Å². The van der Waals surface area contributed by atoms with Gasteiger partial charge in [0.15, 0.2) is 0 Å². The third-order valence-corrected chi connectivity index (χ3v) is 3.41. The fourth-order valence-electron chi connectivity index (χ4n) is 2.31. The fraction of sp³-hybridized carbons (Fsp3) is 0.500. The van der Waals surface area contributed by atoms with Crippen molar-refractivity contribution in [1.29, 1.82) is 0 Å². The molecule has 0 bridgehead atoms. The van der Waals surface area contributed by atoms with E-state index in [0.717, 1.165) is 32.4 Å². The Morgan fingerprint density at radius 1 is 1.12 bits per heavy atom. The van der Waals surface area contributed by atoms with Gasteiger partial charge in [0.1, 0.15) is 5.78 Å². The molecule has 1 aromatic carbocycles. The van der Waals surface area contributed by atoms with Crippen LogP contribution in [-0.2, 0) is 4.79 Å². The number of hydrogen-bond donors (Lipinski definition) is 0. The monoisotopic (exact) mass is 217 g/mol. The summed E-state index contributed by atoms with van der Waals surface area (Å²) >= 11 is 0. The molecule has 1 heterocycles. The lowest BCUT2D eigenvalue weighted by atomic mass is 10.1. The molecule has 1 fully saturated rings. The Balaban J connectivity index is 2.04. The highest BCUT2D eigenvalue weighted by atomic mass is 16.1. The molecule has 0 aromatic heterocycles. The largest absolute Gasteiger partial charge is 0.300 e. The number of hydrogen-bond acceptors (Lipinski definition) is 2. The van der Waals surface area contributed by atoms with Gasteiger partial charge in [0.05, 0.1) is 0 Å². The van der Waals surface area contributed by atoms with Gasteiger partial charge in [-0.05, 0) is 25.5 Å². The first-order chi connectivity index (χ1) is 7.77. The van der Waals surface area contributed by atoms with E-state index in [9.17, 15) is 4.79 Å². The number of carbonyl (C=O) groups excluding carboxylic acids is 1. The zero-order chi connectivity index (χ0) is 11.4. The summed E-state index contributed by atoms with van der Waals surface area (Å²) in [6, 6.07) is 11.0. The molecule has 86 valence electrons. The molecule has 1 aliphatic rings. The van der Waals surface area contributed by atoms with Crippen LogP contribution < -0.4 is 0 Å². The third kappa shape index (κ3) is 2.70. The van der Waals surface area contributed by atoms with Crippen LogP contribution in [0.2, 0.25) is 0 Å². The third-order valence-electron chi connectivity index (χ3n) is 3.41. The summed E-state index contributed by atoms with van der Waals surface area (Å²) in [5, 5.41) is 0. The van der Waals surface area contributed by atoms with Crippen molar-refractivity contribution in [3.8, 4) is 0 Å². The Morgan fingerprint density at radius 2 is 1.88 bits per heavy atom. The maximum Gasteiger partial charge on any atom is 0.134 e. The average molecular weight is 217 g/mol. The number of ketones is 1. The number of likely N-dealkylation sites (tertiary alicyclic amines) is 1. The van der Waals surface area contributed by atoms with Gasteiger partial charge >= 0.3 is 0 Å². The molecule has 0 N–H and O–H groups in total. The molecule has 0 spiro atoms. The minimum absolute atomic E-state index is 0.419. The maximum absolute atomic E-state index is 11.4. The second kappa shape index (κ2) is 5.26. The Kier molecular flexibility index (Phi) is 3.73. The molecule has 1 atom stereocenters. The summed E-state index contributed by atoms with van der Waals surface area (Å²) in [4.78, 5) is 13.8. The van der Waals surface area contributed by atoms with E-state index in [-0.39, 0.29) is 0 Å². The lowest BCUT2D eigenvalue weighted by molar-refractivity contribution is -0.118. The van der Waals surface area contributed by atoms with Gasteiger partial charge in [0.25, 0.3) is 0 Å². The van der Waals surface area contributed by atoms with Crippen LogP contribution in [0.1, 0.15) is 37.8 Å². The maximum atomic E-state index is 11.4. The predicted molar refractivity (Wildman–Crippen MR) is 65.3 cm³/mol. The van der Waals surface area contributed by atoms with E-state index < -0.39 is 0 Å². The lowest BCUT2D eigenvalue weighted by Crippen LogP contribution is -2.28. The van der Waals surface area contributed by atoms with E-state index in [2.05, 4.69) is 36.1 Å². The molecule has 1 unspecified atom stereocenters. The van der Waals surface area contributed by atoms with Crippen LogP contribution in [0.5, 0.6) is 0 Å². The number of carbonyl (C=O) groups is 1. The van der Waals surface area contributed by atoms with Crippen LogP contribution in [0.3, 0.4) is 0 Å². The summed E-state index contributed by atoms with van der Waals surface area (Å²) in [5.74, 6) is 0.419. The van der Waals surface area contributed by atoms with Crippen LogP contribution in [0.25, 0.3) is 0 Å². The summed E-state index contributed by atoms with van der Waals surface area (Å²) < 4.78 is 0. The predicted octanol–water partition coefficient (Wildman–Crippen LogP) is 2.80. The van der Waals surface area contributed by atoms with E-state index in [1.165, 1.54) is 5.56 Å². The number of nitrogens with zero attached hydrogens (tertiary/aromatic N) is 1. The van der Waals surface area contributed by atoms with E-state index in [4.69, 9.17) is 0 Å². The van der Waals surface area contributed by atoms with Crippen LogP contribution in [0.4, 0.5) is 0 Å². The zero-order valence-corrected chi connectivity index (χ0v) is 9.86. The first-order valence-corrected chi connectivity index (χ1v) is 6.08. The van der Waals surface area contributed by atoms with Crippen LogP contribution >= 0.6 is 0 Å². The van der Waals surface area contributed by atoms with Gasteiger partial charge < -0.3 is 0 Å². The van der Waals surface area contributed by atoms with E-state index in [1.54, 1.807) is 0 Å². The highest BCUT2D eigenvalue weighted by Gasteiger charge is 2.19. The standard InChI is InChI=1S/C14H19NO/c1-12(13-6-3-2-4-7-13)15-10-5-8-14(16)9-11-15/h2-4,6-7,12H,5,8-11H2,1H3. The number of benzene rings is 1. The van der Waals surface area contributed by atoms with Crippen molar-refractivity contribution >= 4 is 5.78 Å². The zero-order valence-electron chi connectivity index (χ0n) is 9.86. The second-order valence-electron chi connectivity index (χ2n) is 4.51. The average Bonchev–Trinajstić information content (AvgIpc) is 2.54. The molecule has 1 aliphatic heterocycles. The van der Waals surface area contributed by atoms with Crippen molar-refractivity contribution < 1.29 is 4.79 Å². The molecule has 16 heavy (non-hydrogen) atoms. The SMILES string of the molecule is CC(c1ccccc1)N1CCCC(=O)CC1. The first kappa shape index (κ1) is 11.3. The molecule has 0 saturated carbocycles. The molecule has 2 rings (SSSR count). The molecular weight excluding hydrogens is 198 g/mol. The van der Waals surface area contributed by atoms with E-state index in [1.807, 2.05) is 6.07 Å². The van der Waals surface area contributed by atoms with Gasteiger partial charge in [-0.25, -0.2) is 0 Å². The molecule has 1 aromatic rings. The first-order valence-electron chi connectivity index (χ1n) is 6.08. The molecule has 1 saturated heterocycles. The van der Waals surface area contributed by atoms with Crippen molar-refractivity contribution in [2.45, 2.75) is 32.2 Å². The minimum Gasteiger partial charge on any atom is -0.300 e. The van der Waals surface area contributed by atoms with Crippen molar-refractivity contribution in [2.75, 3.05) is 13.1 Å².